The van der Waals surface area contributed by atoms with E-state index in [2.05, 4.69) is 0 Å². The molecule has 1 atom stereocenters. The van der Waals surface area contributed by atoms with Gasteiger partial charge < -0.3 is 18.8 Å². The summed E-state index contributed by atoms with van der Waals surface area (Å²) in [5.41, 5.74) is 1.79. The summed E-state index contributed by atoms with van der Waals surface area (Å²) in [5.74, 6) is 3.21. The van der Waals surface area contributed by atoms with Crippen molar-refractivity contribution in [2.45, 2.75) is 11.8 Å². The maximum Gasteiger partial charge on any atom is 0.233 e. The summed E-state index contributed by atoms with van der Waals surface area (Å²) in [6.07, 6.45) is 0.691. The zero-order chi connectivity index (χ0) is 22.0. The monoisotopic (exact) mass is 477 g/mol. The zero-order valence-electron chi connectivity index (χ0n) is 17.1. The fourth-order valence-corrected chi connectivity index (χ4v) is 5.08. The number of hydrogen-bond donors (Lipinski definition) is 0. The lowest BCUT2D eigenvalue weighted by Gasteiger charge is -2.22. The second kappa shape index (κ2) is 9.47. The minimum atomic E-state index is -0.181. The van der Waals surface area contributed by atoms with Crippen LogP contribution < -0.4 is 9.47 Å². The molecule has 0 saturated carbocycles. The van der Waals surface area contributed by atoms with Crippen molar-refractivity contribution in [2.24, 2.45) is 0 Å². The fourth-order valence-electron chi connectivity index (χ4n) is 3.53. The molecule has 2 aromatic carbocycles. The van der Waals surface area contributed by atoms with E-state index in [0.717, 1.165) is 11.1 Å². The molecule has 0 unspecified atom stereocenters. The van der Waals surface area contributed by atoms with Gasteiger partial charge in [0, 0.05) is 17.1 Å². The van der Waals surface area contributed by atoms with Gasteiger partial charge in [-0.25, -0.2) is 0 Å². The van der Waals surface area contributed by atoms with Crippen LogP contribution in [-0.2, 0) is 11.2 Å². The Hall–Kier alpha value is -2.28. The Morgan fingerprint density at radius 3 is 2.65 bits per heavy atom. The molecule has 0 bridgehead atoms. The first-order valence-electron chi connectivity index (χ1n) is 9.67. The van der Waals surface area contributed by atoms with Crippen molar-refractivity contribution in [3.8, 4) is 22.8 Å². The number of methoxy groups -OCH3 is 2. The molecule has 1 aliphatic rings. The van der Waals surface area contributed by atoms with Gasteiger partial charge in [0.05, 0.1) is 25.0 Å². The average molecular weight is 478 g/mol. The summed E-state index contributed by atoms with van der Waals surface area (Å²) < 4.78 is 16.8. The first-order valence-corrected chi connectivity index (χ1v) is 11.5. The summed E-state index contributed by atoms with van der Waals surface area (Å²) in [6, 6.07) is 14.8. The summed E-state index contributed by atoms with van der Waals surface area (Å²) in [6.45, 7) is 0.569. The van der Waals surface area contributed by atoms with Crippen molar-refractivity contribution in [3.05, 3.63) is 69.9 Å². The predicted molar refractivity (Wildman–Crippen MR) is 124 cm³/mol. The van der Waals surface area contributed by atoms with Gasteiger partial charge in [-0.1, -0.05) is 29.3 Å². The Morgan fingerprint density at radius 1 is 1.06 bits per heavy atom. The van der Waals surface area contributed by atoms with Crippen LogP contribution in [0.1, 0.15) is 16.7 Å². The molecule has 1 amide bonds. The highest BCUT2D eigenvalue weighted by Crippen LogP contribution is 2.42. The molecule has 0 radical (unpaired) electrons. The van der Waals surface area contributed by atoms with Crippen LogP contribution in [0.2, 0.25) is 10.0 Å². The Balaban J connectivity index is 1.51. The number of benzene rings is 2. The Labute approximate surface area is 195 Å². The summed E-state index contributed by atoms with van der Waals surface area (Å²) in [7, 11) is 3.22. The van der Waals surface area contributed by atoms with Crippen LogP contribution in [0.15, 0.2) is 52.9 Å². The second-order valence-corrected chi connectivity index (χ2v) is 8.93. The SMILES string of the molecule is COc1ccc(CCN2C(=O)CS[C@H]2c2ccc(-c3cc(Cl)ccc3Cl)o2)cc1OC. The minimum Gasteiger partial charge on any atom is -0.493 e. The average Bonchev–Trinajstić information content (AvgIpc) is 3.40. The van der Waals surface area contributed by atoms with Crippen LogP contribution in [0.25, 0.3) is 11.3 Å². The zero-order valence-corrected chi connectivity index (χ0v) is 19.4. The van der Waals surface area contributed by atoms with Gasteiger partial charge in [0.15, 0.2) is 11.5 Å². The van der Waals surface area contributed by atoms with Crippen LogP contribution in [-0.4, -0.2) is 37.3 Å². The lowest BCUT2D eigenvalue weighted by Crippen LogP contribution is -2.30. The molecule has 1 fully saturated rings. The normalized spacial score (nSPS) is 16.1. The standard InChI is InChI=1S/C23H21Cl2NO4S/c1-28-19-6-3-14(11-21(19)29-2)9-10-26-22(27)13-31-23(26)20-8-7-18(30-20)16-12-15(24)4-5-17(16)25/h3-8,11-12,23H,9-10,13H2,1-2H3/t23-/m0/s1. The Kier molecular flexibility index (Phi) is 6.70. The number of carbonyl (C=O) groups excluding carboxylic acids is 1. The van der Waals surface area contributed by atoms with Crippen LogP contribution in [0.4, 0.5) is 0 Å². The highest BCUT2D eigenvalue weighted by molar-refractivity contribution is 8.00. The Bertz CT molecular complexity index is 1100. The maximum atomic E-state index is 12.6. The molecule has 0 spiro atoms. The molecule has 8 heteroatoms. The minimum absolute atomic E-state index is 0.0919. The lowest BCUT2D eigenvalue weighted by molar-refractivity contribution is -0.128. The van der Waals surface area contributed by atoms with E-state index in [9.17, 15) is 4.79 Å². The van der Waals surface area contributed by atoms with E-state index in [1.807, 2.05) is 35.2 Å². The number of thioether (sulfide) groups is 1. The highest BCUT2D eigenvalue weighted by Gasteiger charge is 2.34. The Morgan fingerprint density at radius 2 is 1.87 bits per heavy atom. The summed E-state index contributed by atoms with van der Waals surface area (Å²) in [4.78, 5) is 14.4. The molecule has 1 aromatic heterocycles. The summed E-state index contributed by atoms with van der Waals surface area (Å²) in [5, 5.41) is 0.962. The van der Waals surface area contributed by atoms with Crippen molar-refractivity contribution in [3.63, 3.8) is 0 Å². The molecule has 3 aromatic rings. The van der Waals surface area contributed by atoms with Crippen molar-refractivity contribution in [2.75, 3.05) is 26.5 Å². The van der Waals surface area contributed by atoms with Crippen molar-refractivity contribution in [1.29, 1.82) is 0 Å². The third-order valence-corrected chi connectivity index (χ3v) is 6.90. The first kappa shape index (κ1) is 21.9. The second-order valence-electron chi connectivity index (χ2n) is 7.02. The van der Waals surface area contributed by atoms with Crippen LogP contribution >= 0.6 is 35.0 Å². The molecule has 4 rings (SSSR count). The highest BCUT2D eigenvalue weighted by atomic mass is 35.5. The number of amides is 1. The van der Waals surface area contributed by atoms with Crippen molar-refractivity contribution < 1.29 is 18.7 Å². The van der Waals surface area contributed by atoms with E-state index >= 15 is 0 Å². The van der Waals surface area contributed by atoms with Gasteiger partial charge in [-0.05, 0) is 54.4 Å². The molecule has 31 heavy (non-hydrogen) atoms. The van der Waals surface area contributed by atoms with Crippen LogP contribution in [0.3, 0.4) is 0 Å². The molecule has 1 saturated heterocycles. The van der Waals surface area contributed by atoms with Gasteiger partial charge in [-0.3, -0.25) is 4.79 Å². The number of halogens is 2. The molecule has 1 aliphatic heterocycles. The van der Waals surface area contributed by atoms with Gasteiger partial charge in [0.25, 0.3) is 0 Å². The molecule has 0 aliphatic carbocycles. The van der Waals surface area contributed by atoms with E-state index in [1.165, 1.54) is 0 Å². The fraction of sp³-hybridized carbons (Fsp3) is 0.261. The van der Waals surface area contributed by atoms with Crippen LogP contribution in [0, 0.1) is 0 Å². The topological polar surface area (TPSA) is 51.9 Å². The van der Waals surface area contributed by atoms with E-state index in [0.29, 0.717) is 51.8 Å². The quantitative estimate of drug-likeness (QED) is 0.412. The van der Waals surface area contributed by atoms with Gasteiger partial charge in [0.1, 0.15) is 16.9 Å². The van der Waals surface area contributed by atoms with E-state index in [4.69, 9.17) is 37.1 Å². The predicted octanol–water partition coefficient (Wildman–Crippen LogP) is 6.09. The largest absolute Gasteiger partial charge is 0.493 e. The molecule has 5 nitrogen and oxygen atoms in total. The molecule has 162 valence electrons. The number of furan rings is 1. The van der Waals surface area contributed by atoms with Gasteiger partial charge in [-0.15, -0.1) is 11.8 Å². The molecule has 2 heterocycles. The van der Waals surface area contributed by atoms with Crippen LogP contribution in [0.5, 0.6) is 11.5 Å². The number of nitrogens with zero attached hydrogens (tertiary/aromatic N) is 1. The van der Waals surface area contributed by atoms with Gasteiger partial charge in [0.2, 0.25) is 5.91 Å². The third kappa shape index (κ3) is 4.66. The lowest BCUT2D eigenvalue weighted by atomic mass is 10.1. The van der Waals surface area contributed by atoms with E-state index in [1.54, 1.807) is 44.2 Å². The number of carbonyl (C=O) groups is 1. The smallest absolute Gasteiger partial charge is 0.233 e. The molecular weight excluding hydrogens is 457 g/mol. The summed E-state index contributed by atoms with van der Waals surface area (Å²) >= 11 is 14.0. The van der Waals surface area contributed by atoms with E-state index in [-0.39, 0.29) is 11.3 Å². The number of hydrogen-bond acceptors (Lipinski definition) is 5. The van der Waals surface area contributed by atoms with Crippen molar-refractivity contribution >= 4 is 40.9 Å². The van der Waals surface area contributed by atoms with E-state index < -0.39 is 0 Å². The molecule has 0 N–H and O–H groups in total. The van der Waals surface area contributed by atoms with Crippen molar-refractivity contribution in [1.82, 2.24) is 4.90 Å². The third-order valence-electron chi connectivity index (χ3n) is 5.12. The van der Waals surface area contributed by atoms with Gasteiger partial charge in [-0.2, -0.15) is 0 Å². The molecular formula is C23H21Cl2NO4S. The number of rotatable bonds is 7. The number of ether oxygens (including phenoxy) is 2. The maximum absolute atomic E-state index is 12.6. The van der Waals surface area contributed by atoms with Gasteiger partial charge >= 0.3 is 0 Å². The first-order chi connectivity index (χ1) is 15.0.